The van der Waals surface area contributed by atoms with Crippen LogP contribution in [-0.2, 0) is 6.42 Å². The van der Waals surface area contributed by atoms with Crippen LogP contribution in [-0.4, -0.2) is 27.5 Å². The Morgan fingerprint density at radius 1 is 1.15 bits per heavy atom. The van der Waals surface area contributed by atoms with Gasteiger partial charge in [-0.3, -0.25) is 4.79 Å². The van der Waals surface area contributed by atoms with E-state index >= 15 is 0 Å². The van der Waals surface area contributed by atoms with Crippen LogP contribution in [0.3, 0.4) is 0 Å². The smallest absolute Gasteiger partial charge is 0.249 e. The molecule has 1 aromatic heterocycles. The van der Waals surface area contributed by atoms with Crippen molar-refractivity contribution in [2.24, 2.45) is 0 Å². The third-order valence-electron chi connectivity index (χ3n) is 3.74. The molecule has 0 saturated carbocycles. The van der Waals surface area contributed by atoms with Crippen LogP contribution in [0.4, 0.5) is 21.8 Å². The molecule has 0 unspecified atom stereocenters. The standard InChI is InChI=1S/C19H18FN5O/c1-13(26)15-6-4-7-16(11-15)23-19-24-18(12-22-25-19)21-10-9-14-5-2-3-8-17(14)20/h2-8,11-12H,9-10H2,1H3,(H2,21,23,24,25). The lowest BCUT2D eigenvalue weighted by molar-refractivity contribution is 0.101. The summed E-state index contributed by atoms with van der Waals surface area (Å²) in [5, 5.41) is 14.0. The van der Waals surface area contributed by atoms with E-state index in [2.05, 4.69) is 25.8 Å². The van der Waals surface area contributed by atoms with Crippen molar-refractivity contribution in [3.8, 4) is 0 Å². The number of ketones is 1. The summed E-state index contributed by atoms with van der Waals surface area (Å²) in [7, 11) is 0. The lowest BCUT2D eigenvalue weighted by Crippen LogP contribution is -2.09. The van der Waals surface area contributed by atoms with Gasteiger partial charge in [0.05, 0.1) is 6.20 Å². The van der Waals surface area contributed by atoms with Crippen molar-refractivity contribution in [1.82, 2.24) is 15.2 Å². The van der Waals surface area contributed by atoms with Gasteiger partial charge in [-0.1, -0.05) is 30.3 Å². The maximum absolute atomic E-state index is 13.6. The first-order valence-electron chi connectivity index (χ1n) is 8.17. The minimum Gasteiger partial charge on any atom is -0.368 e. The fourth-order valence-corrected chi connectivity index (χ4v) is 2.41. The summed E-state index contributed by atoms with van der Waals surface area (Å²) in [5.74, 6) is 0.599. The Bertz CT molecular complexity index is 916. The largest absolute Gasteiger partial charge is 0.368 e. The van der Waals surface area contributed by atoms with Gasteiger partial charge < -0.3 is 10.6 Å². The zero-order chi connectivity index (χ0) is 18.4. The summed E-state index contributed by atoms with van der Waals surface area (Å²) >= 11 is 0. The molecular formula is C19H18FN5O. The maximum Gasteiger partial charge on any atom is 0.249 e. The highest BCUT2D eigenvalue weighted by molar-refractivity contribution is 5.95. The molecule has 132 valence electrons. The van der Waals surface area contributed by atoms with Gasteiger partial charge in [-0.15, -0.1) is 5.10 Å². The normalized spacial score (nSPS) is 10.4. The molecule has 0 aliphatic carbocycles. The molecule has 26 heavy (non-hydrogen) atoms. The van der Waals surface area contributed by atoms with E-state index in [9.17, 15) is 9.18 Å². The average molecular weight is 351 g/mol. The van der Waals surface area contributed by atoms with Crippen LogP contribution >= 0.6 is 0 Å². The third kappa shape index (κ3) is 4.60. The summed E-state index contributed by atoms with van der Waals surface area (Å²) in [4.78, 5) is 15.8. The zero-order valence-corrected chi connectivity index (χ0v) is 14.2. The van der Waals surface area contributed by atoms with E-state index in [0.29, 0.717) is 41.5 Å². The number of anilines is 3. The van der Waals surface area contributed by atoms with Gasteiger partial charge in [0.25, 0.3) is 0 Å². The third-order valence-corrected chi connectivity index (χ3v) is 3.74. The summed E-state index contributed by atoms with van der Waals surface area (Å²) in [6.07, 6.45) is 2.03. The molecule has 6 nitrogen and oxygen atoms in total. The second-order valence-electron chi connectivity index (χ2n) is 5.70. The van der Waals surface area contributed by atoms with E-state index in [1.807, 2.05) is 12.1 Å². The molecule has 0 fully saturated rings. The topological polar surface area (TPSA) is 79.8 Å². The van der Waals surface area contributed by atoms with E-state index in [-0.39, 0.29) is 11.6 Å². The quantitative estimate of drug-likeness (QED) is 0.633. The zero-order valence-electron chi connectivity index (χ0n) is 14.2. The molecule has 3 rings (SSSR count). The summed E-state index contributed by atoms with van der Waals surface area (Å²) in [5.41, 5.74) is 1.94. The Hall–Kier alpha value is -3.35. The predicted molar refractivity (Wildman–Crippen MR) is 98.1 cm³/mol. The van der Waals surface area contributed by atoms with Gasteiger partial charge in [0.1, 0.15) is 5.82 Å². The molecular weight excluding hydrogens is 333 g/mol. The fraction of sp³-hybridized carbons (Fsp3) is 0.158. The Morgan fingerprint density at radius 2 is 2.00 bits per heavy atom. The second kappa shape index (κ2) is 8.15. The summed E-state index contributed by atoms with van der Waals surface area (Å²) < 4.78 is 13.6. The minimum atomic E-state index is -0.220. The van der Waals surface area contributed by atoms with Gasteiger partial charge in [-0.05, 0) is 37.1 Å². The number of halogens is 1. The highest BCUT2D eigenvalue weighted by Crippen LogP contribution is 2.16. The number of benzene rings is 2. The Balaban J connectivity index is 1.62. The summed E-state index contributed by atoms with van der Waals surface area (Å²) in [6, 6.07) is 13.7. The molecule has 0 saturated heterocycles. The van der Waals surface area contributed by atoms with Gasteiger partial charge in [0.15, 0.2) is 11.6 Å². The van der Waals surface area contributed by atoms with E-state index in [4.69, 9.17) is 0 Å². The Kier molecular flexibility index (Phi) is 5.48. The number of nitrogens with one attached hydrogen (secondary N) is 2. The van der Waals surface area contributed by atoms with Gasteiger partial charge in [-0.25, -0.2) is 4.39 Å². The van der Waals surface area contributed by atoms with Crippen molar-refractivity contribution >= 4 is 23.2 Å². The molecule has 0 spiro atoms. The molecule has 1 heterocycles. The highest BCUT2D eigenvalue weighted by Gasteiger charge is 2.05. The molecule has 0 aliphatic heterocycles. The monoisotopic (exact) mass is 351 g/mol. The molecule has 2 N–H and O–H groups in total. The lowest BCUT2D eigenvalue weighted by atomic mass is 10.1. The molecule has 0 atom stereocenters. The molecule has 2 aromatic carbocycles. The van der Waals surface area contributed by atoms with Gasteiger partial charge in [-0.2, -0.15) is 10.1 Å². The number of Topliss-reactive ketones (excluding diaryl/α,β-unsaturated/α-hetero) is 1. The van der Waals surface area contributed by atoms with E-state index in [1.54, 1.807) is 30.3 Å². The molecule has 7 heteroatoms. The predicted octanol–water partition coefficient (Wildman–Crippen LogP) is 3.61. The van der Waals surface area contributed by atoms with Crippen LogP contribution in [0.15, 0.2) is 54.7 Å². The highest BCUT2D eigenvalue weighted by atomic mass is 19.1. The number of nitrogens with zero attached hydrogens (tertiary/aromatic N) is 3. The van der Waals surface area contributed by atoms with Crippen LogP contribution in [0.2, 0.25) is 0 Å². The second-order valence-corrected chi connectivity index (χ2v) is 5.70. The van der Waals surface area contributed by atoms with Crippen molar-refractivity contribution in [2.75, 3.05) is 17.2 Å². The maximum atomic E-state index is 13.6. The van der Waals surface area contributed by atoms with Crippen LogP contribution in [0, 0.1) is 5.82 Å². The number of carbonyl (C=O) groups is 1. The molecule has 0 bridgehead atoms. The van der Waals surface area contributed by atoms with E-state index in [0.717, 1.165) is 0 Å². The Labute approximate surface area is 150 Å². The van der Waals surface area contributed by atoms with Crippen LogP contribution in [0.25, 0.3) is 0 Å². The van der Waals surface area contributed by atoms with Crippen LogP contribution in [0.5, 0.6) is 0 Å². The number of hydrogen-bond acceptors (Lipinski definition) is 6. The molecule has 0 radical (unpaired) electrons. The van der Waals surface area contributed by atoms with Gasteiger partial charge in [0.2, 0.25) is 5.95 Å². The number of rotatable bonds is 7. The van der Waals surface area contributed by atoms with Crippen LogP contribution in [0.1, 0.15) is 22.8 Å². The van der Waals surface area contributed by atoms with E-state index in [1.165, 1.54) is 19.2 Å². The van der Waals surface area contributed by atoms with Crippen molar-refractivity contribution in [3.05, 3.63) is 71.7 Å². The minimum absolute atomic E-state index is 0.0174. The SMILES string of the molecule is CC(=O)c1cccc(Nc2nncc(NCCc3ccccc3F)n2)c1. The first kappa shape index (κ1) is 17.5. The first-order chi connectivity index (χ1) is 12.6. The molecule has 0 amide bonds. The van der Waals surface area contributed by atoms with Crippen molar-refractivity contribution in [2.45, 2.75) is 13.3 Å². The summed E-state index contributed by atoms with van der Waals surface area (Å²) in [6.45, 7) is 2.02. The van der Waals surface area contributed by atoms with E-state index < -0.39 is 0 Å². The van der Waals surface area contributed by atoms with Crippen molar-refractivity contribution in [1.29, 1.82) is 0 Å². The van der Waals surface area contributed by atoms with Crippen LogP contribution < -0.4 is 10.6 Å². The van der Waals surface area contributed by atoms with Crippen molar-refractivity contribution in [3.63, 3.8) is 0 Å². The number of carbonyl (C=O) groups excluding carboxylic acids is 1. The molecule has 3 aromatic rings. The first-order valence-corrected chi connectivity index (χ1v) is 8.17. The Morgan fingerprint density at radius 3 is 2.81 bits per heavy atom. The number of hydrogen-bond donors (Lipinski definition) is 2. The average Bonchev–Trinajstić information content (AvgIpc) is 2.64. The molecule has 0 aliphatic rings. The van der Waals surface area contributed by atoms with Gasteiger partial charge >= 0.3 is 0 Å². The number of aromatic nitrogens is 3. The van der Waals surface area contributed by atoms with Gasteiger partial charge in [0, 0.05) is 17.8 Å². The van der Waals surface area contributed by atoms with Crippen molar-refractivity contribution < 1.29 is 9.18 Å². The fourth-order valence-electron chi connectivity index (χ4n) is 2.41. The lowest BCUT2D eigenvalue weighted by Gasteiger charge is -2.08.